The van der Waals surface area contributed by atoms with Crippen LogP contribution < -0.4 is 0 Å². The Balaban J connectivity index is 2.18. The number of aromatic nitrogens is 1. The fraction of sp³-hybridized carbons (Fsp3) is 0.500. The van der Waals surface area contributed by atoms with Crippen molar-refractivity contribution < 1.29 is 9.53 Å². The van der Waals surface area contributed by atoms with E-state index in [0.29, 0.717) is 30.6 Å². The molecule has 2 rings (SSSR count). The van der Waals surface area contributed by atoms with E-state index in [1.54, 1.807) is 18.2 Å². The molecule has 92 valence electrons. The molecule has 0 aromatic carbocycles. The molecule has 1 saturated heterocycles. The number of carbonyl (C=O) groups is 1. The molecule has 2 heterocycles. The quantitative estimate of drug-likeness (QED) is 0.758. The van der Waals surface area contributed by atoms with Gasteiger partial charge in [0.05, 0.1) is 19.3 Å². The molecule has 17 heavy (non-hydrogen) atoms. The van der Waals surface area contributed by atoms with Crippen LogP contribution in [0.2, 0.25) is 5.15 Å². The molecular weight excluding hydrogens is 240 g/mol. The molecule has 1 aliphatic heterocycles. The minimum atomic E-state index is -0.0670. The van der Waals surface area contributed by atoms with Crippen molar-refractivity contribution in [3.05, 3.63) is 29.0 Å². The number of rotatable bonds is 2. The van der Waals surface area contributed by atoms with E-state index in [1.807, 2.05) is 11.8 Å². The Hall–Kier alpha value is -1.13. The Morgan fingerprint density at radius 3 is 3.18 bits per heavy atom. The number of amides is 1. The van der Waals surface area contributed by atoms with Gasteiger partial charge in [0.1, 0.15) is 10.8 Å². The lowest BCUT2D eigenvalue weighted by Crippen LogP contribution is -2.48. The van der Waals surface area contributed by atoms with Crippen LogP contribution in [0.5, 0.6) is 0 Å². The molecule has 1 aliphatic rings. The van der Waals surface area contributed by atoms with Gasteiger partial charge in [0.25, 0.3) is 5.91 Å². The molecule has 1 atom stereocenters. The highest BCUT2D eigenvalue weighted by atomic mass is 35.5. The first-order valence-electron chi connectivity index (χ1n) is 5.73. The van der Waals surface area contributed by atoms with Crippen molar-refractivity contribution in [2.75, 3.05) is 19.8 Å². The lowest BCUT2D eigenvalue weighted by Gasteiger charge is -2.34. The molecule has 1 amide bonds. The van der Waals surface area contributed by atoms with Gasteiger partial charge in [-0.2, -0.15) is 0 Å². The average Bonchev–Trinajstić information content (AvgIpc) is 2.38. The van der Waals surface area contributed by atoms with Crippen LogP contribution in [-0.2, 0) is 4.74 Å². The van der Waals surface area contributed by atoms with Crippen molar-refractivity contribution >= 4 is 17.5 Å². The molecule has 1 fully saturated rings. The number of hydrogen-bond donors (Lipinski definition) is 0. The highest BCUT2D eigenvalue weighted by molar-refractivity contribution is 6.29. The minimum Gasteiger partial charge on any atom is -0.377 e. The predicted molar refractivity (Wildman–Crippen MR) is 65.2 cm³/mol. The molecule has 1 aromatic heterocycles. The lowest BCUT2D eigenvalue weighted by molar-refractivity contribution is -0.00310. The molecular formula is C12H15ClN2O2. The minimum absolute atomic E-state index is 0.0670. The average molecular weight is 255 g/mol. The summed E-state index contributed by atoms with van der Waals surface area (Å²) in [5.41, 5.74) is 0.401. The summed E-state index contributed by atoms with van der Waals surface area (Å²) in [6, 6.07) is 5.23. The maximum Gasteiger partial charge on any atom is 0.272 e. The van der Waals surface area contributed by atoms with E-state index in [4.69, 9.17) is 16.3 Å². The van der Waals surface area contributed by atoms with Crippen molar-refractivity contribution in [3.8, 4) is 0 Å². The van der Waals surface area contributed by atoms with Gasteiger partial charge in [-0.15, -0.1) is 0 Å². The van der Waals surface area contributed by atoms with Crippen LogP contribution in [0.3, 0.4) is 0 Å². The molecule has 5 heteroatoms. The fourth-order valence-electron chi connectivity index (χ4n) is 1.93. The van der Waals surface area contributed by atoms with Gasteiger partial charge in [0.15, 0.2) is 0 Å². The number of halogens is 1. The van der Waals surface area contributed by atoms with Gasteiger partial charge in [-0.3, -0.25) is 4.79 Å². The van der Waals surface area contributed by atoms with Crippen molar-refractivity contribution in [2.45, 2.75) is 19.4 Å². The smallest absolute Gasteiger partial charge is 0.272 e. The second-order valence-corrected chi connectivity index (χ2v) is 4.37. The first-order chi connectivity index (χ1) is 8.22. The SMILES string of the molecule is CCC1COCCN1C(=O)c1cccc(Cl)n1. The van der Waals surface area contributed by atoms with Crippen LogP contribution in [-0.4, -0.2) is 41.6 Å². The Bertz CT molecular complexity index is 411. The van der Waals surface area contributed by atoms with Crippen LogP contribution in [0.25, 0.3) is 0 Å². The van der Waals surface area contributed by atoms with Gasteiger partial charge in [-0.1, -0.05) is 24.6 Å². The van der Waals surface area contributed by atoms with E-state index in [1.165, 1.54) is 0 Å². The maximum absolute atomic E-state index is 12.3. The van der Waals surface area contributed by atoms with E-state index in [-0.39, 0.29) is 11.9 Å². The molecule has 4 nitrogen and oxygen atoms in total. The Labute approximate surface area is 106 Å². The fourth-order valence-corrected chi connectivity index (χ4v) is 2.10. The van der Waals surface area contributed by atoms with Crippen LogP contribution in [0.4, 0.5) is 0 Å². The van der Waals surface area contributed by atoms with Crippen LogP contribution in [0.15, 0.2) is 18.2 Å². The highest BCUT2D eigenvalue weighted by Gasteiger charge is 2.27. The molecule has 0 N–H and O–H groups in total. The number of carbonyl (C=O) groups excluding carboxylic acids is 1. The van der Waals surface area contributed by atoms with Crippen molar-refractivity contribution in [3.63, 3.8) is 0 Å². The normalized spacial score (nSPS) is 20.4. The third-order valence-electron chi connectivity index (χ3n) is 2.89. The van der Waals surface area contributed by atoms with Gasteiger partial charge >= 0.3 is 0 Å². The van der Waals surface area contributed by atoms with Gasteiger partial charge < -0.3 is 9.64 Å². The number of ether oxygens (including phenoxy) is 1. The van der Waals surface area contributed by atoms with E-state index in [2.05, 4.69) is 4.98 Å². The second-order valence-electron chi connectivity index (χ2n) is 3.98. The monoisotopic (exact) mass is 254 g/mol. The zero-order valence-electron chi connectivity index (χ0n) is 9.73. The van der Waals surface area contributed by atoms with Crippen molar-refractivity contribution in [2.24, 2.45) is 0 Å². The first-order valence-corrected chi connectivity index (χ1v) is 6.11. The Morgan fingerprint density at radius 1 is 1.65 bits per heavy atom. The van der Waals surface area contributed by atoms with Crippen LogP contribution in [0.1, 0.15) is 23.8 Å². The summed E-state index contributed by atoms with van der Waals surface area (Å²) in [5.74, 6) is -0.0670. The third kappa shape index (κ3) is 2.76. The summed E-state index contributed by atoms with van der Waals surface area (Å²) >= 11 is 5.79. The van der Waals surface area contributed by atoms with Gasteiger partial charge in [-0.25, -0.2) is 4.98 Å². The van der Waals surface area contributed by atoms with Gasteiger partial charge in [0.2, 0.25) is 0 Å². The summed E-state index contributed by atoms with van der Waals surface area (Å²) in [6.07, 6.45) is 0.881. The van der Waals surface area contributed by atoms with Crippen molar-refractivity contribution in [1.82, 2.24) is 9.88 Å². The van der Waals surface area contributed by atoms with Gasteiger partial charge in [0, 0.05) is 6.54 Å². The van der Waals surface area contributed by atoms with E-state index < -0.39 is 0 Å². The number of morpholine rings is 1. The molecule has 0 spiro atoms. The molecule has 0 bridgehead atoms. The second kappa shape index (κ2) is 5.47. The first kappa shape index (κ1) is 12.3. The predicted octanol–water partition coefficient (Wildman–Crippen LogP) is 1.99. The summed E-state index contributed by atoms with van der Waals surface area (Å²) in [7, 11) is 0. The highest BCUT2D eigenvalue weighted by Crippen LogP contribution is 2.15. The maximum atomic E-state index is 12.3. The Kier molecular flexibility index (Phi) is 3.97. The number of nitrogens with zero attached hydrogens (tertiary/aromatic N) is 2. The molecule has 0 radical (unpaired) electrons. The molecule has 0 saturated carbocycles. The third-order valence-corrected chi connectivity index (χ3v) is 3.10. The van der Waals surface area contributed by atoms with Crippen LogP contribution in [0, 0.1) is 0 Å². The number of pyridine rings is 1. The van der Waals surface area contributed by atoms with E-state index >= 15 is 0 Å². The topological polar surface area (TPSA) is 42.4 Å². The summed E-state index contributed by atoms with van der Waals surface area (Å²) in [5, 5.41) is 0.345. The number of hydrogen-bond acceptors (Lipinski definition) is 3. The van der Waals surface area contributed by atoms with Gasteiger partial charge in [-0.05, 0) is 18.6 Å². The summed E-state index contributed by atoms with van der Waals surface area (Å²) < 4.78 is 5.37. The Morgan fingerprint density at radius 2 is 2.47 bits per heavy atom. The van der Waals surface area contributed by atoms with Crippen LogP contribution >= 0.6 is 11.6 Å². The lowest BCUT2D eigenvalue weighted by atomic mass is 10.1. The zero-order chi connectivity index (χ0) is 12.3. The zero-order valence-corrected chi connectivity index (χ0v) is 10.5. The summed E-state index contributed by atoms with van der Waals surface area (Å²) in [6.45, 7) is 3.85. The molecule has 1 unspecified atom stereocenters. The molecule has 0 aliphatic carbocycles. The summed E-state index contributed by atoms with van der Waals surface area (Å²) in [4.78, 5) is 18.1. The standard InChI is InChI=1S/C12H15ClN2O2/c1-2-9-8-17-7-6-15(9)12(16)10-4-3-5-11(13)14-10/h3-5,9H,2,6-8H2,1H3. The van der Waals surface area contributed by atoms with E-state index in [0.717, 1.165) is 6.42 Å². The van der Waals surface area contributed by atoms with Crippen molar-refractivity contribution in [1.29, 1.82) is 0 Å². The largest absolute Gasteiger partial charge is 0.377 e. The van der Waals surface area contributed by atoms with E-state index in [9.17, 15) is 4.79 Å². The molecule has 1 aromatic rings.